The molecule has 1 heterocycles. The average Bonchev–Trinajstić information content (AvgIpc) is 2.99. The van der Waals surface area contributed by atoms with Gasteiger partial charge in [0.25, 0.3) is 0 Å². The molecule has 25 heavy (non-hydrogen) atoms. The van der Waals surface area contributed by atoms with E-state index in [4.69, 9.17) is 5.11 Å². The van der Waals surface area contributed by atoms with Crippen LogP contribution >= 0.6 is 0 Å². The zero-order valence-corrected chi connectivity index (χ0v) is 14.3. The van der Waals surface area contributed by atoms with Crippen LogP contribution in [0, 0.1) is 6.92 Å². The summed E-state index contributed by atoms with van der Waals surface area (Å²) in [4.78, 5) is 22.9. The van der Waals surface area contributed by atoms with Gasteiger partial charge in [0.2, 0.25) is 0 Å². The number of aromatic nitrogens is 2. The lowest BCUT2D eigenvalue weighted by Gasteiger charge is -2.18. The Morgan fingerprint density at radius 2 is 2.04 bits per heavy atom. The van der Waals surface area contributed by atoms with Crippen LogP contribution in [0.2, 0.25) is 0 Å². The zero-order chi connectivity index (χ0) is 18.1. The second-order valence-corrected chi connectivity index (χ2v) is 6.00. The van der Waals surface area contributed by atoms with Gasteiger partial charge in [-0.1, -0.05) is 30.3 Å². The number of aryl methyl sites for hydroxylation is 1. The van der Waals surface area contributed by atoms with Crippen molar-refractivity contribution in [3.63, 3.8) is 0 Å². The molecule has 3 N–H and O–H groups in total. The Labute approximate surface area is 147 Å². The summed E-state index contributed by atoms with van der Waals surface area (Å²) < 4.78 is 1.77. The van der Waals surface area contributed by atoms with Crippen LogP contribution in [0.1, 0.15) is 24.0 Å². The monoisotopic (exact) mass is 344 g/mol. The van der Waals surface area contributed by atoms with Gasteiger partial charge in [-0.05, 0) is 30.9 Å². The van der Waals surface area contributed by atoms with E-state index in [9.17, 15) is 9.59 Å². The fourth-order valence-corrected chi connectivity index (χ4v) is 2.53. The molecule has 1 unspecified atom stereocenters. The quantitative estimate of drug-likeness (QED) is 0.648. The number of nitrogens with one attached hydrogen (secondary N) is 2. The molecule has 2 aromatic rings. The molecule has 0 saturated heterocycles. The van der Waals surface area contributed by atoms with Gasteiger partial charge in [-0.15, -0.1) is 0 Å². The number of nitrogens with zero attached hydrogens (tertiary/aromatic N) is 2. The van der Waals surface area contributed by atoms with Gasteiger partial charge in [0.05, 0.1) is 12.7 Å². The molecule has 0 aliphatic rings. The van der Waals surface area contributed by atoms with E-state index in [1.165, 1.54) is 0 Å². The number of carbonyl (C=O) groups is 2. The van der Waals surface area contributed by atoms with Crippen molar-refractivity contribution < 1.29 is 14.7 Å². The van der Waals surface area contributed by atoms with Crippen molar-refractivity contribution in [2.45, 2.75) is 38.8 Å². The molecule has 7 nitrogen and oxygen atoms in total. The number of carbonyl (C=O) groups excluding carboxylic acids is 1. The standard InChI is InChI=1S/C18H24N4O3/c1-14-12-20-22(13-14)10-9-19-18(25)21-16(7-8-17(23)24)11-15-5-3-2-4-6-15/h2-6,12-13,16H,7-11H2,1H3,(H,23,24)(H2,19,21,25). The van der Waals surface area contributed by atoms with Gasteiger partial charge in [-0.25, -0.2) is 4.79 Å². The molecule has 1 aromatic carbocycles. The zero-order valence-electron chi connectivity index (χ0n) is 14.3. The van der Waals surface area contributed by atoms with Crippen molar-refractivity contribution in [2.24, 2.45) is 0 Å². The number of carboxylic acid groups (broad SMARTS) is 1. The summed E-state index contributed by atoms with van der Waals surface area (Å²) in [6.45, 7) is 2.99. The number of hydrogen-bond donors (Lipinski definition) is 3. The Morgan fingerprint density at radius 1 is 1.28 bits per heavy atom. The molecule has 1 atom stereocenters. The smallest absolute Gasteiger partial charge is 0.315 e. The van der Waals surface area contributed by atoms with E-state index in [1.807, 2.05) is 43.5 Å². The van der Waals surface area contributed by atoms with Gasteiger partial charge in [0, 0.05) is 25.2 Å². The normalized spacial score (nSPS) is 11.7. The number of hydrogen-bond acceptors (Lipinski definition) is 3. The minimum absolute atomic E-state index is 0.0182. The van der Waals surface area contributed by atoms with Crippen LogP contribution < -0.4 is 10.6 Å². The largest absolute Gasteiger partial charge is 0.481 e. The Kier molecular flexibility index (Phi) is 7.00. The lowest BCUT2D eigenvalue weighted by Crippen LogP contribution is -2.44. The minimum Gasteiger partial charge on any atom is -0.481 e. The summed E-state index contributed by atoms with van der Waals surface area (Å²) in [6, 6.07) is 9.18. The molecule has 1 aromatic heterocycles. The molecular weight excluding hydrogens is 320 g/mol. The summed E-state index contributed by atoms with van der Waals surface area (Å²) in [5.74, 6) is -0.866. The third kappa shape index (κ3) is 7.07. The van der Waals surface area contributed by atoms with E-state index in [0.717, 1.165) is 11.1 Å². The van der Waals surface area contributed by atoms with E-state index in [2.05, 4.69) is 15.7 Å². The first-order valence-corrected chi connectivity index (χ1v) is 8.32. The van der Waals surface area contributed by atoms with Gasteiger partial charge in [-0.2, -0.15) is 5.10 Å². The first-order chi connectivity index (χ1) is 12.0. The van der Waals surface area contributed by atoms with E-state index < -0.39 is 5.97 Å². The summed E-state index contributed by atoms with van der Waals surface area (Å²) >= 11 is 0. The Balaban J connectivity index is 1.81. The fraction of sp³-hybridized carbons (Fsp3) is 0.389. The van der Waals surface area contributed by atoms with Crippen LogP contribution in [0.3, 0.4) is 0 Å². The van der Waals surface area contributed by atoms with Crippen molar-refractivity contribution in [2.75, 3.05) is 6.54 Å². The van der Waals surface area contributed by atoms with Crippen molar-refractivity contribution in [3.8, 4) is 0 Å². The van der Waals surface area contributed by atoms with Crippen LogP contribution in [-0.4, -0.2) is 39.5 Å². The SMILES string of the molecule is Cc1cnn(CCNC(=O)NC(CCC(=O)O)Cc2ccccc2)c1. The summed E-state index contributed by atoms with van der Waals surface area (Å²) in [5, 5.41) is 18.7. The fourth-order valence-electron chi connectivity index (χ4n) is 2.53. The molecule has 0 aliphatic heterocycles. The van der Waals surface area contributed by atoms with Crippen LogP contribution in [0.4, 0.5) is 4.79 Å². The molecule has 0 fully saturated rings. The highest BCUT2D eigenvalue weighted by atomic mass is 16.4. The number of amides is 2. The second-order valence-electron chi connectivity index (χ2n) is 6.00. The number of carboxylic acids is 1. The summed E-state index contributed by atoms with van der Waals surface area (Å²) in [7, 11) is 0. The van der Waals surface area contributed by atoms with Crippen molar-refractivity contribution >= 4 is 12.0 Å². The van der Waals surface area contributed by atoms with Crippen LogP contribution in [0.25, 0.3) is 0 Å². The van der Waals surface area contributed by atoms with E-state index in [0.29, 0.717) is 25.9 Å². The highest BCUT2D eigenvalue weighted by Crippen LogP contribution is 2.08. The number of aliphatic carboxylic acids is 1. The maximum atomic E-state index is 12.1. The van der Waals surface area contributed by atoms with E-state index in [1.54, 1.807) is 10.9 Å². The van der Waals surface area contributed by atoms with Gasteiger partial charge < -0.3 is 15.7 Å². The Morgan fingerprint density at radius 3 is 2.68 bits per heavy atom. The highest BCUT2D eigenvalue weighted by molar-refractivity contribution is 5.74. The van der Waals surface area contributed by atoms with Gasteiger partial charge in [0.15, 0.2) is 0 Å². The number of urea groups is 1. The molecule has 134 valence electrons. The highest BCUT2D eigenvalue weighted by Gasteiger charge is 2.14. The number of rotatable bonds is 9. The summed E-state index contributed by atoms with van der Waals surface area (Å²) in [5.41, 5.74) is 2.13. The predicted octanol–water partition coefficient (Wildman–Crippen LogP) is 1.97. The molecule has 7 heteroatoms. The van der Waals surface area contributed by atoms with Crippen LogP contribution in [0.15, 0.2) is 42.7 Å². The molecular formula is C18H24N4O3. The number of benzene rings is 1. The molecule has 0 radical (unpaired) electrons. The van der Waals surface area contributed by atoms with E-state index in [-0.39, 0.29) is 18.5 Å². The molecule has 0 spiro atoms. The topological polar surface area (TPSA) is 96.3 Å². The van der Waals surface area contributed by atoms with Crippen molar-refractivity contribution in [1.29, 1.82) is 0 Å². The molecule has 2 rings (SSSR count). The predicted molar refractivity (Wildman–Crippen MR) is 94.3 cm³/mol. The third-order valence-electron chi connectivity index (χ3n) is 3.76. The Hall–Kier alpha value is -2.83. The minimum atomic E-state index is -0.866. The van der Waals surface area contributed by atoms with E-state index >= 15 is 0 Å². The van der Waals surface area contributed by atoms with Crippen LogP contribution in [-0.2, 0) is 17.8 Å². The molecule has 0 bridgehead atoms. The lowest BCUT2D eigenvalue weighted by molar-refractivity contribution is -0.137. The maximum Gasteiger partial charge on any atom is 0.315 e. The van der Waals surface area contributed by atoms with Gasteiger partial charge in [-0.3, -0.25) is 9.48 Å². The third-order valence-corrected chi connectivity index (χ3v) is 3.76. The van der Waals surface area contributed by atoms with Gasteiger partial charge >= 0.3 is 12.0 Å². The molecule has 2 amide bonds. The van der Waals surface area contributed by atoms with Crippen molar-refractivity contribution in [3.05, 3.63) is 53.9 Å². The average molecular weight is 344 g/mol. The molecule has 0 aliphatic carbocycles. The molecule has 0 saturated carbocycles. The second kappa shape index (κ2) is 9.46. The Bertz CT molecular complexity index is 685. The maximum absolute atomic E-state index is 12.1. The van der Waals surface area contributed by atoms with Gasteiger partial charge in [0.1, 0.15) is 0 Å². The first-order valence-electron chi connectivity index (χ1n) is 8.32. The van der Waals surface area contributed by atoms with Crippen LogP contribution in [0.5, 0.6) is 0 Å². The van der Waals surface area contributed by atoms with Crippen molar-refractivity contribution in [1.82, 2.24) is 20.4 Å². The first kappa shape index (κ1) is 18.5. The lowest BCUT2D eigenvalue weighted by atomic mass is 10.0. The summed E-state index contributed by atoms with van der Waals surface area (Å²) in [6.07, 6.45) is 4.67.